The van der Waals surface area contributed by atoms with Crippen molar-refractivity contribution < 1.29 is 14.5 Å². The number of nitrogens with one attached hydrogen (secondary N) is 1. The number of nitrogens with zero attached hydrogens (tertiary/aromatic N) is 2. The number of ether oxygens (including phenoxy) is 1. The number of nitro benzene ring substituents is 1. The van der Waals surface area contributed by atoms with E-state index in [1.807, 2.05) is 0 Å². The van der Waals surface area contributed by atoms with E-state index in [-0.39, 0.29) is 12.2 Å². The predicted octanol–water partition coefficient (Wildman–Crippen LogP) is 0.833. The van der Waals surface area contributed by atoms with Crippen LogP contribution < -0.4 is 11.3 Å². The number of non-ortho nitro benzene ring substituents is 1. The van der Waals surface area contributed by atoms with Crippen LogP contribution in [0.25, 0.3) is 0 Å². The summed E-state index contributed by atoms with van der Waals surface area (Å²) in [7, 11) is 0. The second-order valence-corrected chi connectivity index (χ2v) is 3.78. The molecule has 1 amide bonds. The zero-order valence-electron chi connectivity index (χ0n) is 9.46. The number of carbonyl (C=O) groups is 1. The molecule has 1 aliphatic rings. The summed E-state index contributed by atoms with van der Waals surface area (Å²) in [5.41, 5.74) is 3.52. The van der Waals surface area contributed by atoms with Crippen molar-refractivity contribution in [1.29, 1.82) is 0 Å². The van der Waals surface area contributed by atoms with Gasteiger partial charge >= 0.3 is 6.09 Å². The summed E-state index contributed by atoms with van der Waals surface area (Å²) >= 11 is 0. The molecule has 0 aliphatic carbocycles. The number of nitro groups is 1. The Hall–Kier alpha value is -2.35. The largest absolute Gasteiger partial charge is 0.448 e. The number of rotatable bonds is 4. The van der Waals surface area contributed by atoms with Gasteiger partial charge in [-0.1, -0.05) is 0 Å². The lowest BCUT2D eigenvalue weighted by Crippen LogP contribution is -2.24. The molecule has 1 heterocycles. The Balaban J connectivity index is 2.26. The van der Waals surface area contributed by atoms with Crippen LogP contribution in [0, 0.1) is 10.1 Å². The van der Waals surface area contributed by atoms with Crippen LogP contribution in [0.4, 0.5) is 16.2 Å². The van der Waals surface area contributed by atoms with Gasteiger partial charge in [0.15, 0.2) is 0 Å². The number of hydrogen-bond acceptors (Lipinski definition) is 6. The third-order valence-corrected chi connectivity index (χ3v) is 2.66. The molecule has 1 aromatic carbocycles. The van der Waals surface area contributed by atoms with Gasteiger partial charge in [-0.25, -0.2) is 4.79 Å². The molecule has 0 unspecified atom stereocenters. The molecule has 96 valence electrons. The maximum Gasteiger partial charge on any atom is 0.410 e. The summed E-state index contributed by atoms with van der Waals surface area (Å²) in [5, 5.41) is 10.7. The van der Waals surface area contributed by atoms with Gasteiger partial charge in [0.05, 0.1) is 23.7 Å². The summed E-state index contributed by atoms with van der Waals surface area (Å²) in [5.74, 6) is 5.33. The first-order valence-electron chi connectivity index (χ1n) is 5.27. The zero-order chi connectivity index (χ0) is 13.1. The molecule has 0 spiro atoms. The van der Waals surface area contributed by atoms with Gasteiger partial charge in [-0.05, 0) is 6.07 Å². The first-order chi connectivity index (χ1) is 8.61. The quantitative estimate of drug-likeness (QED) is 0.466. The average Bonchev–Trinajstić information content (AvgIpc) is 2.75. The minimum Gasteiger partial charge on any atom is -0.448 e. The molecule has 1 saturated heterocycles. The zero-order valence-corrected chi connectivity index (χ0v) is 9.46. The number of anilines is 1. The molecule has 2 rings (SSSR count). The fourth-order valence-corrected chi connectivity index (χ4v) is 1.74. The highest BCUT2D eigenvalue weighted by molar-refractivity contribution is 5.70. The molecular weight excluding hydrogens is 240 g/mol. The summed E-state index contributed by atoms with van der Waals surface area (Å²) in [6.45, 7) is 1.02. The van der Waals surface area contributed by atoms with Crippen molar-refractivity contribution in [3.8, 4) is 0 Å². The molecule has 0 saturated carbocycles. The van der Waals surface area contributed by atoms with Crippen LogP contribution in [0.15, 0.2) is 18.2 Å². The lowest BCUT2D eigenvalue weighted by molar-refractivity contribution is -0.384. The SMILES string of the molecule is NNc1ccc([N+](=O)[O-])cc1CN1CCOC1=O. The second-order valence-electron chi connectivity index (χ2n) is 3.78. The maximum absolute atomic E-state index is 11.3. The van der Waals surface area contributed by atoms with E-state index in [9.17, 15) is 14.9 Å². The third-order valence-electron chi connectivity index (χ3n) is 2.66. The topological polar surface area (TPSA) is 111 Å². The lowest BCUT2D eigenvalue weighted by Gasteiger charge is -2.15. The van der Waals surface area contributed by atoms with Gasteiger partial charge in [-0.3, -0.25) is 16.0 Å². The first kappa shape index (κ1) is 12.1. The van der Waals surface area contributed by atoms with Crippen molar-refractivity contribution in [2.75, 3.05) is 18.6 Å². The van der Waals surface area contributed by atoms with E-state index in [0.29, 0.717) is 24.4 Å². The molecule has 1 fully saturated rings. The van der Waals surface area contributed by atoms with Crippen LogP contribution in [0.3, 0.4) is 0 Å². The van der Waals surface area contributed by atoms with Crippen molar-refractivity contribution in [1.82, 2.24) is 4.90 Å². The summed E-state index contributed by atoms with van der Waals surface area (Å²) in [6.07, 6.45) is -0.426. The lowest BCUT2D eigenvalue weighted by atomic mass is 10.1. The number of benzene rings is 1. The molecule has 0 atom stereocenters. The smallest absolute Gasteiger partial charge is 0.410 e. The number of cyclic esters (lactones) is 1. The molecule has 3 N–H and O–H groups in total. The fraction of sp³-hybridized carbons (Fsp3) is 0.300. The Bertz CT molecular complexity index is 491. The fourth-order valence-electron chi connectivity index (χ4n) is 1.74. The molecule has 1 aliphatic heterocycles. The average molecular weight is 252 g/mol. The van der Waals surface area contributed by atoms with Gasteiger partial charge in [0.25, 0.3) is 5.69 Å². The van der Waals surface area contributed by atoms with Crippen LogP contribution in [0.5, 0.6) is 0 Å². The van der Waals surface area contributed by atoms with E-state index in [4.69, 9.17) is 10.6 Å². The Morgan fingerprint density at radius 3 is 2.89 bits per heavy atom. The first-order valence-corrected chi connectivity index (χ1v) is 5.27. The summed E-state index contributed by atoms with van der Waals surface area (Å²) in [6, 6.07) is 4.25. The van der Waals surface area contributed by atoms with Crippen LogP contribution >= 0.6 is 0 Å². The van der Waals surface area contributed by atoms with E-state index in [1.165, 1.54) is 23.1 Å². The highest BCUT2D eigenvalue weighted by atomic mass is 16.6. The van der Waals surface area contributed by atoms with Crippen molar-refractivity contribution in [3.05, 3.63) is 33.9 Å². The maximum atomic E-state index is 11.3. The van der Waals surface area contributed by atoms with Gasteiger partial charge in [0.2, 0.25) is 0 Å². The Kier molecular flexibility index (Phi) is 3.28. The van der Waals surface area contributed by atoms with Gasteiger partial charge in [-0.15, -0.1) is 0 Å². The molecule has 0 radical (unpaired) electrons. The Labute approximate surface area is 102 Å². The minimum atomic E-state index is -0.494. The Morgan fingerprint density at radius 1 is 1.56 bits per heavy atom. The summed E-state index contributed by atoms with van der Waals surface area (Å²) < 4.78 is 4.79. The second kappa shape index (κ2) is 4.88. The monoisotopic (exact) mass is 252 g/mol. The van der Waals surface area contributed by atoms with Crippen LogP contribution in [-0.2, 0) is 11.3 Å². The number of amides is 1. The number of nitrogen functional groups attached to an aromatic ring is 1. The van der Waals surface area contributed by atoms with Crippen molar-refractivity contribution in [2.24, 2.45) is 5.84 Å². The summed E-state index contributed by atoms with van der Waals surface area (Å²) in [4.78, 5) is 23.0. The van der Waals surface area contributed by atoms with E-state index in [2.05, 4.69) is 5.43 Å². The van der Waals surface area contributed by atoms with Crippen molar-refractivity contribution in [3.63, 3.8) is 0 Å². The molecule has 8 nitrogen and oxygen atoms in total. The predicted molar refractivity (Wildman–Crippen MR) is 62.7 cm³/mol. The van der Waals surface area contributed by atoms with Gasteiger partial charge in [0.1, 0.15) is 6.61 Å². The van der Waals surface area contributed by atoms with E-state index < -0.39 is 11.0 Å². The van der Waals surface area contributed by atoms with E-state index >= 15 is 0 Å². The highest BCUT2D eigenvalue weighted by Gasteiger charge is 2.23. The Morgan fingerprint density at radius 2 is 2.33 bits per heavy atom. The van der Waals surface area contributed by atoms with Gasteiger partial charge in [0, 0.05) is 17.7 Å². The molecule has 0 aromatic heterocycles. The number of hydrogen-bond donors (Lipinski definition) is 2. The van der Waals surface area contributed by atoms with Crippen LogP contribution in [0.2, 0.25) is 0 Å². The van der Waals surface area contributed by atoms with Crippen LogP contribution in [-0.4, -0.2) is 29.1 Å². The highest BCUT2D eigenvalue weighted by Crippen LogP contribution is 2.23. The molecule has 1 aromatic rings. The standard InChI is InChI=1S/C10H12N4O4/c11-12-9-2-1-8(14(16)17)5-7(9)6-13-3-4-18-10(13)15/h1-2,5,12H,3-4,6,11H2. The van der Waals surface area contributed by atoms with Crippen molar-refractivity contribution >= 4 is 17.5 Å². The van der Waals surface area contributed by atoms with Crippen molar-refractivity contribution in [2.45, 2.75) is 6.54 Å². The van der Waals surface area contributed by atoms with Gasteiger partial charge < -0.3 is 15.1 Å². The third kappa shape index (κ3) is 2.33. The van der Waals surface area contributed by atoms with Gasteiger partial charge in [-0.2, -0.15) is 0 Å². The molecule has 8 heteroatoms. The van der Waals surface area contributed by atoms with E-state index in [1.54, 1.807) is 0 Å². The number of hydrazine groups is 1. The molecular formula is C10H12N4O4. The van der Waals surface area contributed by atoms with Crippen LogP contribution in [0.1, 0.15) is 5.56 Å². The molecule has 0 bridgehead atoms. The number of carbonyl (C=O) groups excluding carboxylic acids is 1. The minimum absolute atomic E-state index is 0.0448. The van der Waals surface area contributed by atoms with E-state index in [0.717, 1.165) is 0 Å². The molecule has 18 heavy (non-hydrogen) atoms. The normalized spacial score (nSPS) is 14.5. The number of nitrogens with two attached hydrogens (primary N) is 1.